The monoisotopic (exact) mass is 302 g/mol. The molecule has 0 unspecified atom stereocenters. The minimum atomic E-state index is -1.46. The summed E-state index contributed by atoms with van der Waals surface area (Å²) in [6.07, 6.45) is 0. The first-order valence-corrected chi connectivity index (χ1v) is 7.73. The molecule has 0 amide bonds. The predicted octanol–water partition coefficient (Wildman–Crippen LogP) is 2.28. The van der Waals surface area contributed by atoms with Gasteiger partial charge in [0.25, 0.3) is 0 Å². The fourth-order valence-corrected chi connectivity index (χ4v) is 3.18. The summed E-state index contributed by atoms with van der Waals surface area (Å²) in [6, 6.07) is 11.6. The molecule has 5 heteroatoms. The van der Waals surface area contributed by atoms with Gasteiger partial charge in [0.05, 0.1) is 7.11 Å². The molecule has 2 aromatic carbocycles. The van der Waals surface area contributed by atoms with Gasteiger partial charge in [0.15, 0.2) is 0 Å². The number of hydrogen-bond donors (Lipinski definition) is 2. The van der Waals surface area contributed by atoms with Crippen molar-refractivity contribution in [1.29, 1.82) is 0 Å². The molecule has 2 N–H and O–H groups in total. The molecule has 3 nitrogen and oxygen atoms in total. The zero-order valence-electron chi connectivity index (χ0n) is 12.5. The van der Waals surface area contributed by atoms with Gasteiger partial charge in [0, 0.05) is 16.2 Å². The second-order valence-corrected chi connectivity index (χ2v) is 6.02. The molecule has 0 radical (unpaired) electrons. The summed E-state index contributed by atoms with van der Waals surface area (Å²) < 4.78 is 5.34. The molecule has 0 aliphatic rings. The highest BCUT2D eigenvalue weighted by atomic mass is 32.2. The van der Waals surface area contributed by atoms with E-state index in [-0.39, 0.29) is 0 Å². The van der Waals surface area contributed by atoms with Crippen molar-refractivity contribution in [2.75, 3.05) is 7.11 Å². The van der Waals surface area contributed by atoms with Crippen molar-refractivity contribution in [1.82, 2.24) is 0 Å². The molecule has 0 saturated carbocycles. The van der Waals surface area contributed by atoms with Gasteiger partial charge in [-0.2, -0.15) is 0 Å². The Hall–Kier alpha value is -1.43. The summed E-state index contributed by atoms with van der Waals surface area (Å²) in [7, 11) is 0.163. The van der Waals surface area contributed by atoms with Gasteiger partial charge >= 0.3 is 7.12 Å². The molecular formula is C16H19BO3S. The maximum Gasteiger partial charge on any atom is 0.488 e. The van der Waals surface area contributed by atoms with Crippen molar-refractivity contribution in [3.05, 3.63) is 53.1 Å². The minimum absolute atomic E-state index is 0.479. The summed E-state index contributed by atoms with van der Waals surface area (Å²) in [5, 5.41) is 18.6. The average Bonchev–Trinajstić information content (AvgIpc) is 2.46. The van der Waals surface area contributed by atoms with Crippen molar-refractivity contribution >= 4 is 24.3 Å². The summed E-state index contributed by atoms with van der Waals surface area (Å²) in [5.74, 6) is 1.48. The number of rotatable bonds is 5. The van der Waals surface area contributed by atoms with Gasteiger partial charge in [0.1, 0.15) is 5.75 Å². The van der Waals surface area contributed by atoms with E-state index in [4.69, 9.17) is 4.74 Å². The smallest absolute Gasteiger partial charge is 0.488 e. The fourth-order valence-electron chi connectivity index (χ4n) is 2.19. The molecule has 0 heterocycles. The van der Waals surface area contributed by atoms with Crippen LogP contribution in [-0.2, 0) is 5.75 Å². The van der Waals surface area contributed by atoms with Crippen molar-refractivity contribution in [3.63, 3.8) is 0 Å². The molecular weight excluding hydrogens is 283 g/mol. The third kappa shape index (κ3) is 4.03. The quantitative estimate of drug-likeness (QED) is 0.657. The number of methoxy groups -OCH3 is 1. The van der Waals surface area contributed by atoms with E-state index in [2.05, 4.69) is 32.0 Å². The van der Waals surface area contributed by atoms with Gasteiger partial charge in [-0.1, -0.05) is 29.8 Å². The van der Waals surface area contributed by atoms with E-state index in [1.54, 1.807) is 37.1 Å². The normalized spacial score (nSPS) is 10.5. The Morgan fingerprint density at radius 2 is 1.86 bits per heavy atom. The Morgan fingerprint density at radius 1 is 1.10 bits per heavy atom. The Bertz CT molecular complexity index is 629. The molecule has 0 aliphatic carbocycles. The van der Waals surface area contributed by atoms with Crippen LogP contribution in [0.15, 0.2) is 41.3 Å². The maximum absolute atomic E-state index is 9.28. The molecule has 0 aliphatic heterocycles. The Kier molecular flexibility index (Phi) is 5.34. The van der Waals surface area contributed by atoms with Crippen LogP contribution in [0.25, 0.3) is 0 Å². The van der Waals surface area contributed by atoms with Crippen LogP contribution >= 0.6 is 11.8 Å². The molecule has 0 saturated heterocycles. The second-order valence-electron chi connectivity index (χ2n) is 5.00. The van der Waals surface area contributed by atoms with Crippen LogP contribution in [0, 0.1) is 13.8 Å². The lowest BCUT2D eigenvalue weighted by atomic mass is 9.79. The van der Waals surface area contributed by atoms with Gasteiger partial charge in [-0.3, -0.25) is 0 Å². The van der Waals surface area contributed by atoms with E-state index < -0.39 is 7.12 Å². The summed E-state index contributed by atoms with van der Waals surface area (Å²) in [4.78, 5) is 1.22. The number of hydrogen-bond acceptors (Lipinski definition) is 4. The predicted molar refractivity (Wildman–Crippen MR) is 88.3 cm³/mol. The first-order valence-electron chi connectivity index (χ1n) is 6.74. The van der Waals surface area contributed by atoms with Crippen LogP contribution in [0.4, 0.5) is 0 Å². The van der Waals surface area contributed by atoms with E-state index in [1.807, 2.05) is 0 Å². The minimum Gasteiger partial charge on any atom is -0.496 e. The third-order valence-corrected chi connectivity index (χ3v) is 4.54. The van der Waals surface area contributed by atoms with Gasteiger partial charge in [-0.05, 0) is 37.0 Å². The molecule has 2 rings (SSSR count). The van der Waals surface area contributed by atoms with Gasteiger partial charge in [0.2, 0.25) is 0 Å². The van der Waals surface area contributed by atoms with Crippen molar-refractivity contribution in [2.45, 2.75) is 24.5 Å². The molecule has 0 fully saturated rings. The average molecular weight is 302 g/mol. The standard InChI is InChI=1S/C16H19BO3S/c1-11-4-7-16(12(2)8-11)21-10-13-9-14(17(18)19)5-6-15(13)20-3/h4-9,18-19H,10H2,1-3H3. The number of thioether (sulfide) groups is 1. The van der Waals surface area contributed by atoms with Crippen molar-refractivity contribution < 1.29 is 14.8 Å². The largest absolute Gasteiger partial charge is 0.496 e. The Balaban J connectivity index is 2.20. The zero-order chi connectivity index (χ0) is 15.4. The van der Waals surface area contributed by atoms with E-state index >= 15 is 0 Å². The topological polar surface area (TPSA) is 49.7 Å². The number of aryl methyl sites for hydroxylation is 2. The maximum atomic E-state index is 9.28. The van der Waals surface area contributed by atoms with Gasteiger partial charge < -0.3 is 14.8 Å². The lowest BCUT2D eigenvalue weighted by molar-refractivity contribution is 0.410. The van der Waals surface area contributed by atoms with Crippen LogP contribution < -0.4 is 10.2 Å². The Morgan fingerprint density at radius 3 is 2.48 bits per heavy atom. The van der Waals surface area contributed by atoms with E-state index in [9.17, 15) is 10.0 Å². The van der Waals surface area contributed by atoms with Crippen LogP contribution in [0.5, 0.6) is 5.75 Å². The number of ether oxygens (including phenoxy) is 1. The summed E-state index contributed by atoms with van der Waals surface area (Å²) in [6.45, 7) is 4.18. The molecule has 2 aromatic rings. The Labute approximate surface area is 130 Å². The molecule has 0 bridgehead atoms. The molecule has 21 heavy (non-hydrogen) atoms. The van der Waals surface area contributed by atoms with Crippen molar-refractivity contribution in [3.8, 4) is 5.75 Å². The molecule has 0 spiro atoms. The number of benzene rings is 2. The first-order chi connectivity index (χ1) is 10.0. The van der Waals surface area contributed by atoms with E-state index in [0.29, 0.717) is 11.2 Å². The highest BCUT2D eigenvalue weighted by Gasteiger charge is 2.14. The van der Waals surface area contributed by atoms with Crippen LogP contribution in [-0.4, -0.2) is 24.3 Å². The lowest BCUT2D eigenvalue weighted by Gasteiger charge is -2.12. The second kappa shape index (κ2) is 7.03. The zero-order valence-corrected chi connectivity index (χ0v) is 13.3. The SMILES string of the molecule is COc1ccc(B(O)O)cc1CSc1ccc(C)cc1C. The van der Waals surface area contributed by atoms with Crippen LogP contribution in [0.2, 0.25) is 0 Å². The van der Waals surface area contributed by atoms with Crippen molar-refractivity contribution in [2.24, 2.45) is 0 Å². The fraction of sp³-hybridized carbons (Fsp3) is 0.250. The third-order valence-electron chi connectivity index (χ3n) is 3.32. The van der Waals surface area contributed by atoms with Crippen LogP contribution in [0.3, 0.4) is 0 Å². The summed E-state index contributed by atoms with van der Waals surface area (Å²) >= 11 is 1.72. The first kappa shape index (κ1) is 16.0. The van der Waals surface area contributed by atoms with E-state index in [1.165, 1.54) is 16.0 Å². The lowest BCUT2D eigenvalue weighted by Crippen LogP contribution is -2.30. The van der Waals surface area contributed by atoms with E-state index in [0.717, 1.165) is 11.3 Å². The molecule has 0 atom stereocenters. The highest BCUT2D eigenvalue weighted by Crippen LogP contribution is 2.29. The highest BCUT2D eigenvalue weighted by molar-refractivity contribution is 7.98. The van der Waals surface area contributed by atoms with Gasteiger partial charge in [-0.25, -0.2) is 0 Å². The van der Waals surface area contributed by atoms with Gasteiger partial charge in [-0.15, -0.1) is 11.8 Å². The van der Waals surface area contributed by atoms with Crippen LogP contribution in [0.1, 0.15) is 16.7 Å². The molecule has 0 aromatic heterocycles. The molecule has 110 valence electrons. The summed E-state index contributed by atoms with van der Waals surface area (Å²) in [5.41, 5.74) is 3.93.